The number of thioether (sulfide) groups is 1. The molecule has 0 spiro atoms. The van der Waals surface area contributed by atoms with Gasteiger partial charge in [-0.25, -0.2) is 4.79 Å². The van der Waals surface area contributed by atoms with E-state index in [1.165, 1.54) is 35.8 Å². The number of hydrogen-bond donors (Lipinski definition) is 1. The Balaban J connectivity index is 1.42. The number of nitrogens with zero attached hydrogens (tertiary/aromatic N) is 3. The van der Waals surface area contributed by atoms with Crippen molar-refractivity contribution in [3.8, 4) is 0 Å². The molecule has 166 valence electrons. The molecule has 7 nitrogen and oxygen atoms in total. The summed E-state index contributed by atoms with van der Waals surface area (Å²) in [5, 5.41) is 12.8. The topological polar surface area (TPSA) is 86.1 Å². The van der Waals surface area contributed by atoms with Crippen molar-refractivity contribution >= 4 is 40.0 Å². The van der Waals surface area contributed by atoms with Gasteiger partial charge >= 0.3 is 5.97 Å². The van der Waals surface area contributed by atoms with Crippen molar-refractivity contribution in [1.29, 1.82) is 0 Å². The number of nitrogens with one attached hydrogen (secondary N) is 1. The van der Waals surface area contributed by atoms with Gasteiger partial charge in [-0.3, -0.25) is 4.79 Å². The average molecular weight is 469 g/mol. The second-order valence-corrected chi connectivity index (χ2v) is 9.73. The number of benzene rings is 1. The van der Waals surface area contributed by atoms with Crippen molar-refractivity contribution in [1.82, 2.24) is 14.8 Å². The molecule has 0 aliphatic heterocycles. The minimum atomic E-state index is -0.468. The van der Waals surface area contributed by atoms with Crippen LogP contribution in [-0.2, 0) is 16.1 Å². The molecule has 1 aliphatic carbocycles. The zero-order chi connectivity index (χ0) is 22.7. The number of carbonyl (C=O) groups excluding carboxylic acids is 2. The molecule has 1 aliphatic rings. The molecule has 2 heterocycles. The summed E-state index contributed by atoms with van der Waals surface area (Å²) in [5.41, 5.74) is 1.68. The molecule has 0 saturated heterocycles. The first-order valence-corrected chi connectivity index (χ1v) is 12.0. The number of aryl methyl sites for hydroxylation is 1. The number of hydrogen-bond acceptors (Lipinski definition) is 7. The molecular weight excluding hydrogens is 444 g/mol. The molecule has 4 rings (SSSR count). The highest BCUT2D eigenvalue weighted by atomic mass is 32.2. The molecule has 2 atom stereocenters. The molecule has 1 saturated carbocycles. The van der Waals surface area contributed by atoms with Gasteiger partial charge in [0.25, 0.3) is 0 Å². The summed E-state index contributed by atoms with van der Waals surface area (Å²) in [7, 11) is 1.32. The van der Waals surface area contributed by atoms with Crippen LogP contribution in [0.5, 0.6) is 0 Å². The molecule has 1 N–H and O–H groups in total. The van der Waals surface area contributed by atoms with E-state index < -0.39 is 5.97 Å². The Morgan fingerprint density at radius 1 is 1.31 bits per heavy atom. The minimum Gasteiger partial charge on any atom is -0.465 e. The van der Waals surface area contributed by atoms with Crippen LogP contribution in [0.3, 0.4) is 0 Å². The van der Waals surface area contributed by atoms with Crippen LogP contribution < -0.4 is 5.32 Å². The normalized spacial score (nSPS) is 17.1. The lowest BCUT2D eigenvalue weighted by Gasteiger charge is -2.08. The highest BCUT2D eigenvalue weighted by Gasteiger charge is 2.43. The first-order valence-electron chi connectivity index (χ1n) is 10.2. The summed E-state index contributed by atoms with van der Waals surface area (Å²) in [4.78, 5) is 25.4. The van der Waals surface area contributed by atoms with E-state index in [2.05, 4.69) is 46.4 Å². The van der Waals surface area contributed by atoms with Crippen LogP contribution in [0.1, 0.15) is 44.9 Å². The van der Waals surface area contributed by atoms with E-state index in [1.807, 2.05) is 23.6 Å². The smallest absolute Gasteiger partial charge is 0.340 e. The Hall–Kier alpha value is -2.91. The molecular formula is C23H24N4O3S2. The Labute approximate surface area is 194 Å². The van der Waals surface area contributed by atoms with E-state index in [4.69, 9.17) is 4.74 Å². The molecule has 2 unspecified atom stereocenters. The second-order valence-electron chi connectivity index (χ2n) is 7.53. The largest absolute Gasteiger partial charge is 0.465 e. The van der Waals surface area contributed by atoms with Gasteiger partial charge in [0, 0.05) is 17.3 Å². The van der Waals surface area contributed by atoms with Crippen LogP contribution in [-0.4, -0.2) is 39.5 Å². The fourth-order valence-corrected chi connectivity index (χ4v) is 5.36. The monoisotopic (exact) mass is 468 g/mol. The predicted molar refractivity (Wildman–Crippen MR) is 127 cm³/mol. The van der Waals surface area contributed by atoms with Gasteiger partial charge in [-0.1, -0.05) is 48.2 Å². The predicted octanol–water partition coefficient (Wildman–Crippen LogP) is 4.62. The fraction of sp³-hybridized carbons (Fsp3) is 0.304. The van der Waals surface area contributed by atoms with Gasteiger partial charge < -0.3 is 14.6 Å². The lowest BCUT2D eigenvalue weighted by Crippen LogP contribution is -2.16. The molecule has 32 heavy (non-hydrogen) atoms. The van der Waals surface area contributed by atoms with E-state index in [0.29, 0.717) is 34.1 Å². The number of rotatable bonds is 9. The van der Waals surface area contributed by atoms with Gasteiger partial charge in [-0.05, 0) is 30.9 Å². The van der Waals surface area contributed by atoms with E-state index in [-0.39, 0.29) is 11.7 Å². The lowest BCUT2D eigenvalue weighted by atomic mass is 10.1. The molecule has 0 bridgehead atoms. The van der Waals surface area contributed by atoms with Crippen LogP contribution in [0.2, 0.25) is 0 Å². The fourth-order valence-electron chi connectivity index (χ4n) is 3.69. The van der Waals surface area contributed by atoms with Gasteiger partial charge in [0.15, 0.2) is 5.16 Å². The maximum Gasteiger partial charge on any atom is 0.340 e. The zero-order valence-electron chi connectivity index (χ0n) is 17.9. The quantitative estimate of drug-likeness (QED) is 0.280. The molecule has 0 radical (unpaired) electrons. The van der Waals surface area contributed by atoms with Gasteiger partial charge in [0.1, 0.15) is 10.8 Å². The molecule has 1 amide bonds. The standard InChI is InChI=1S/C23H24N4O3S2/c1-4-10-27-20(17-12-16(17)15-8-6-5-7-9-15)25-26-23(27)31-13-19(28)24-21-18(22(29)30-3)11-14(2)32-21/h4-9,11,16-17H,1,10,12-13H2,2-3H3,(H,24,28). The minimum absolute atomic E-state index is 0.152. The molecule has 2 aromatic heterocycles. The van der Waals surface area contributed by atoms with Crippen molar-refractivity contribution in [3.05, 3.63) is 70.9 Å². The first-order chi connectivity index (χ1) is 15.5. The highest BCUT2D eigenvalue weighted by molar-refractivity contribution is 7.99. The number of amides is 1. The van der Waals surface area contributed by atoms with E-state index in [1.54, 1.807) is 6.07 Å². The number of allylic oxidation sites excluding steroid dienone is 1. The Morgan fingerprint density at radius 2 is 2.09 bits per heavy atom. The number of esters is 1. The van der Waals surface area contributed by atoms with Crippen molar-refractivity contribution in [2.45, 2.75) is 36.9 Å². The molecule has 1 fully saturated rings. The Kier molecular flexibility index (Phi) is 6.76. The van der Waals surface area contributed by atoms with Gasteiger partial charge in [-0.2, -0.15) is 0 Å². The number of aromatic nitrogens is 3. The SMILES string of the molecule is C=CCn1c(SCC(=O)Nc2sc(C)cc2C(=O)OC)nnc1C1CC1c1ccccc1. The van der Waals surface area contributed by atoms with E-state index in [9.17, 15) is 9.59 Å². The van der Waals surface area contributed by atoms with Crippen molar-refractivity contribution in [3.63, 3.8) is 0 Å². The Morgan fingerprint density at radius 3 is 2.81 bits per heavy atom. The van der Waals surface area contributed by atoms with Gasteiger partial charge in [0.2, 0.25) is 5.91 Å². The summed E-state index contributed by atoms with van der Waals surface area (Å²) in [6, 6.07) is 12.1. The van der Waals surface area contributed by atoms with Crippen LogP contribution in [0.25, 0.3) is 0 Å². The summed E-state index contributed by atoms with van der Waals surface area (Å²) >= 11 is 2.67. The third-order valence-corrected chi connectivity index (χ3v) is 7.19. The van der Waals surface area contributed by atoms with Gasteiger partial charge in [0.05, 0.1) is 18.4 Å². The van der Waals surface area contributed by atoms with Crippen molar-refractivity contribution in [2.24, 2.45) is 0 Å². The summed E-state index contributed by atoms with van der Waals surface area (Å²) in [6.45, 7) is 6.32. The number of anilines is 1. The van der Waals surface area contributed by atoms with Crippen molar-refractivity contribution < 1.29 is 14.3 Å². The summed E-state index contributed by atoms with van der Waals surface area (Å²) in [6.07, 6.45) is 2.85. The number of ether oxygens (including phenoxy) is 1. The lowest BCUT2D eigenvalue weighted by molar-refractivity contribution is -0.113. The third kappa shape index (κ3) is 4.78. The summed E-state index contributed by atoms with van der Waals surface area (Å²) < 4.78 is 6.83. The van der Waals surface area contributed by atoms with Gasteiger partial charge in [-0.15, -0.1) is 28.1 Å². The maximum absolute atomic E-state index is 12.6. The zero-order valence-corrected chi connectivity index (χ0v) is 19.5. The Bertz CT molecular complexity index is 1140. The average Bonchev–Trinajstić information content (AvgIpc) is 3.37. The van der Waals surface area contributed by atoms with Crippen LogP contribution in [0, 0.1) is 6.92 Å². The molecule has 3 aromatic rings. The highest BCUT2D eigenvalue weighted by Crippen LogP contribution is 2.54. The van der Waals surface area contributed by atoms with Crippen LogP contribution in [0.4, 0.5) is 5.00 Å². The number of thiophene rings is 1. The maximum atomic E-state index is 12.6. The third-order valence-electron chi connectivity index (χ3n) is 5.25. The second kappa shape index (κ2) is 9.70. The summed E-state index contributed by atoms with van der Waals surface area (Å²) in [5.74, 6) is 1.17. The van der Waals surface area contributed by atoms with Crippen molar-refractivity contribution in [2.75, 3.05) is 18.2 Å². The number of methoxy groups -OCH3 is 1. The van der Waals surface area contributed by atoms with Crippen LogP contribution in [0.15, 0.2) is 54.2 Å². The van der Waals surface area contributed by atoms with E-state index in [0.717, 1.165) is 17.1 Å². The number of carbonyl (C=O) groups is 2. The first kappa shape index (κ1) is 22.3. The van der Waals surface area contributed by atoms with E-state index >= 15 is 0 Å². The molecule has 1 aromatic carbocycles. The van der Waals surface area contributed by atoms with Crippen LogP contribution >= 0.6 is 23.1 Å². The molecule has 9 heteroatoms.